The summed E-state index contributed by atoms with van der Waals surface area (Å²) in [7, 11) is 2.00. The Morgan fingerprint density at radius 2 is 1.90 bits per heavy atom. The molecular weight excluding hydrogens is 124 g/mol. The van der Waals surface area contributed by atoms with Crippen LogP contribution >= 0.6 is 0 Å². The average molecular weight is 144 g/mol. The normalized spacial score (nSPS) is 31.2. The lowest BCUT2D eigenvalue weighted by Crippen LogP contribution is -2.24. The highest BCUT2D eigenvalue weighted by Gasteiger charge is 2.18. The lowest BCUT2D eigenvalue weighted by atomic mass is 10.2. The summed E-state index contributed by atoms with van der Waals surface area (Å²) in [6.45, 7) is 4.00. The molecular formula is C8H20N2. The van der Waals surface area contributed by atoms with Crippen molar-refractivity contribution in [3.8, 4) is 0 Å². The van der Waals surface area contributed by atoms with E-state index in [1.165, 1.54) is 12.8 Å². The van der Waals surface area contributed by atoms with E-state index in [-0.39, 0.29) is 0 Å². The minimum atomic E-state index is 0.465. The quantitative estimate of drug-likeness (QED) is 0.578. The van der Waals surface area contributed by atoms with E-state index in [1.54, 1.807) is 0 Å². The van der Waals surface area contributed by atoms with Gasteiger partial charge in [0.05, 0.1) is 0 Å². The number of hydrogen-bond donors (Lipinski definition) is 2. The zero-order chi connectivity index (χ0) is 7.98. The Labute approximate surface area is 64.2 Å². The summed E-state index contributed by atoms with van der Waals surface area (Å²) >= 11 is 0. The van der Waals surface area contributed by atoms with Gasteiger partial charge in [-0.1, -0.05) is 13.8 Å². The predicted octanol–water partition coefficient (Wildman–Crippen LogP) is 1.11. The molecule has 0 spiro atoms. The highest BCUT2D eigenvalue weighted by molar-refractivity contribution is 4.81. The van der Waals surface area contributed by atoms with Crippen LogP contribution in [0.25, 0.3) is 0 Å². The Morgan fingerprint density at radius 3 is 2.10 bits per heavy atom. The molecule has 0 radical (unpaired) electrons. The minimum absolute atomic E-state index is 0.465. The second kappa shape index (κ2) is 5.69. The Balaban J connectivity index is 0.000000371. The van der Waals surface area contributed by atoms with Crippen molar-refractivity contribution < 1.29 is 0 Å². The number of hydrogen-bond acceptors (Lipinski definition) is 2. The molecule has 0 amide bonds. The van der Waals surface area contributed by atoms with Crippen LogP contribution in [0.2, 0.25) is 0 Å². The van der Waals surface area contributed by atoms with Crippen molar-refractivity contribution in [3.05, 3.63) is 0 Å². The molecule has 0 aliphatic heterocycles. The van der Waals surface area contributed by atoms with Crippen molar-refractivity contribution in [1.29, 1.82) is 0 Å². The second-order valence-corrected chi connectivity index (χ2v) is 2.56. The number of rotatable bonds is 1. The van der Waals surface area contributed by atoms with Gasteiger partial charge in [0.15, 0.2) is 0 Å². The van der Waals surface area contributed by atoms with Crippen LogP contribution in [-0.4, -0.2) is 19.1 Å². The number of nitrogens with one attached hydrogen (secondary N) is 1. The summed E-state index contributed by atoms with van der Waals surface area (Å²) in [6.07, 6.45) is 3.62. The summed E-state index contributed by atoms with van der Waals surface area (Å²) in [6, 6.07) is 1.16. The first kappa shape index (κ1) is 9.92. The van der Waals surface area contributed by atoms with Gasteiger partial charge in [0, 0.05) is 12.1 Å². The van der Waals surface area contributed by atoms with Gasteiger partial charge >= 0.3 is 0 Å². The Hall–Kier alpha value is -0.0800. The van der Waals surface area contributed by atoms with E-state index in [9.17, 15) is 0 Å². The third-order valence-electron chi connectivity index (χ3n) is 1.88. The summed E-state index contributed by atoms with van der Waals surface area (Å²) in [5.74, 6) is 0. The van der Waals surface area contributed by atoms with Crippen molar-refractivity contribution in [2.75, 3.05) is 7.05 Å². The molecule has 1 aliphatic carbocycles. The minimum Gasteiger partial charge on any atom is -0.328 e. The fraction of sp³-hybridized carbons (Fsp3) is 1.00. The molecule has 0 heterocycles. The van der Waals surface area contributed by atoms with Crippen LogP contribution < -0.4 is 11.1 Å². The average Bonchev–Trinajstić information content (AvgIpc) is 2.40. The first-order valence-electron chi connectivity index (χ1n) is 4.26. The van der Waals surface area contributed by atoms with E-state index in [0.29, 0.717) is 12.1 Å². The molecule has 2 nitrogen and oxygen atoms in total. The van der Waals surface area contributed by atoms with Crippen LogP contribution in [0.15, 0.2) is 0 Å². The molecule has 62 valence electrons. The van der Waals surface area contributed by atoms with E-state index in [0.717, 1.165) is 6.42 Å². The van der Waals surface area contributed by atoms with Crippen molar-refractivity contribution >= 4 is 0 Å². The summed E-state index contributed by atoms with van der Waals surface area (Å²) < 4.78 is 0. The first-order chi connectivity index (χ1) is 4.83. The van der Waals surface area contributed by atoms with Crippen LogP contribution in [0.4, 0.5) is 0 Å². The van der Waals surface area contributed by atoms with Crippen LogP contribution in [0.1, 0.15) is 33.1 Å². The van der Waals surface area contributed by atoms with Gasteiger partial charge in [0.25, 0.3) is 0 Å². The maximum absolute atomic E-state index is 5.66. The van der Waals surface area contributed by atoms with E-state index >= 15 is 0 Å². The zero-order valence-electron chi connectivity index (χ0n) is 7.35. The maximum atomic E-state index is 5.66. The van der Waals surface area contributed by atoms with Crippen LogP contribution in [0.5, 0.6) is 0 Å². The Bertz CT molecular complexity index is 73.7. The Morgan fingerprint density at radius 1 is 1.30 bits per heavy atom. The van der Waals surface area contributed by atoms with Gasteiger partial charge in [0.2, 0.25) is 0 Å². The monoisotopic (exact) mass is 144 g/mol. The first-order valence-corrected chi connectivity index (χ1v) is 4.26. The molecule has 2 atom stereocenters. The topological polar surface area (TPSA) is 38.0 Å². The van der Waals surface area contributed by atoms with E-state index in [1.807, 2.05) is 20.9 Å². The van der Waals surface area contributed by atoms with Crippen LogP contribution in [0, 0.1) is 0 Å². The van der Waals surface area contributed by atoms with Gasteiger partial charge in [-0.05, 0) is 26.3 Å². The van der Waals surface area contributed by atoms with E-state index in [2.05, 4.69) is 5.32 Å². The second-order valence-electron chi connectivity index (χ2n) is 2.56. The highest BCUT2D eigenvalue weighted by Crippen LogP contribution is 2.15. The molecule has 0 aromatic heterocycles. The molecule has 1 saturated carbocycles. The molecule has 2 unspecified atom stereocenters. The molecule has 0 saturated heterocycles. The van der Waals surface area contributed by atoms with Crippen LogP contribution in [-0.2, 0) is 0 Å². The third-order valence-corrected chi connectivity index (χ3v) is 1.88. The molecule has 2 heteroatoms. The molecule has 3 N–H and O–H groups in total. The van der Waals surface area contributed by atoms with E-state index in [4.69, 9.17) is 5.73 Å². The summed E-state index contributed by atoms with van der Waals surface area (Å²) in [5, 5.41) is 3.21. The van der Waals surface area contributed by atoms with Gasteiger partial charge in [-0.25, -0.2) is 0 Å². The molecule has 0 aromatic rings. The van der Waals surface area contributed by atoms with Crippen molar-refractivity contribution in [1.82, 2.24) is 5.32 Å². The SMILES string of the molecule is CC.CNC1CCC(N)C1. The molecule has 1 aliphatic rings. The van der Waals surface area contributed by atoms with Gasteiger partial charge in [-0.3, -0.25) is 0 Å². The van der Waals surface area contributed by atoms with Crippen molar-refractivity contribution in [2.24, 2.45) is 5.73 Å². The Kier molecular flexibility index (Phi) is 5.64. The molecule has 0 bridgehead atoms. The van der Waals surface area contributed by atoms with Crippen LogP contribution in [0.3, 0.4) is 0 Å². The van der Waals surface area contributed by atoms with Gasteiger partial charge in [-0.2, -0.15) is 0 Å². The smallest absolute Gasteiger partial charge is 0.00793 e. The lowest BCUT2D eigenvalue weighted by molar-refractivity contribution is 0.570. The number of nitrogens with two attached hydrogens (primary N) is 1. The zero-order valence-corrected chi connectivity index (χ0v) is 7.35. The molecule has 10 heavy (non-hydrogen) atoms. The highest BCUT2D eigenvalue weighted by atomic mass is 14.9. The molecule has 1 fully saturated rings. The largest absolute Gasteiger partial charge is 0.328 e. The summed E-state index contributed by atoms with van der Waals surface area (Å²) in [5.41, 5.74) is 5.66. The fourth-order valence-electron chi connectivity index (χ4n) is 1.28. The maximum Gasteiger partial charge on any atom is 0.00793 e. The van der Waals surface area contributed by atoms with Gasteiger partial charge < -0.3 is 11.1 Å². The summed E-state index contributed by atoms with van der Waals surface area (Å²) in [4.78, 5) is 0. The fourth-order valence-corrected chi connectivity index (χ4v) is 1.28. The predicted molar refractivity (Wildman–Crippen MR) is 46.0 cm³/mol. The van der Waals surface area contributed by atoms with Gasteiger partial charge in [-0.15, -0.1) is 0 Å². The van der Waals surface area contributed by atoms with Crippen molar-refractivity contribution in [2.45, 2.75) is 45.2 Å². The standard InChI is InChI=1S/C6H14N2.C2H6/c1-8-6-3-2-5(7)4-6;1-2/h5-6,8H,2-4,7H2,1H3;1-2H3. The van der Waals surface area contributed by atoms with Crippen molar-refractivity contribution in [3.63, 3.8) is 0 Å². The lowest BCUT2D eigenvalue weighted by Gasteiger charge is -2.04. The molecule has 1 rings (SSSR count). The molecule has 0 aromatic carbocycles. The van der Waals surface area contributed by atoms with E-state index < -0.39 is 0 Å². The third kappa shape index (κ3) is 3.18. The van der Waals surface area contributed by atoms with Gasteiger partial charge in [0.1, 0.15) is 0 Å².